The number of carbonyl (C=O) groups excluding carboxylic acids is 1. The van der Waals surface area contributed by atoms with Crippen molar-refractivity contribution in [3.8, 4) is 0 Å². The quantitative estimate of drug-likeness (QED) is 0.864. The van der Waals surface area contributed by atoms with Gasteiger partial charge < -0.3 is 19.5 Å². The first-order chi connectivity index (χ1) is 14.0. The van der Waals surface area contributed by atoms with E-state index in [9.17, 15) is 4.79 Å². The molecule has 0 unspecified atom stereocenters. The Morgan fingerprint density at radius 2 is 2.00 bits per heavy atom. The number of nitrogens with one attached hydrogen (secondary N) is 1. The number of likely N-dealkylation sites (tertiary alicyclic amines) is 1. The second-order valence-corrected chi connectivity index (χ2v) is 8.66. The van der Waals surface area contributed by atoms with Gasteiger partial charge in [0.05, 0.1) is 13.2 Å². The summed E-state index contributed by atoms with van der Waals surface area (Å²) < 4.78 is 8.20. The van der Waals surface area contributed by atoms with Gasteiger partial charge in [-0.15, -0.1) is 0 Å². The lowest BCUT2D eigenvalue weighted by Crippen LogP contribution is -2.49. The number of hydrogen-bond donors (Lipinski definition) is 1. The molecule has 6 nitrogen and oxygen atoms in total. The number of piperidine rings is 1. The van der Waals surface area contributed by atoms with E-state index in [2.05, 4.69) is 40.2 Å². The molecule has 2 aromatic rings. The van der Waals surface area contributed by atoms with Gasteiger partial charge in [-0.3, -0.25) is 4.90 Å². The predicted octanol–water partition coefficient (Wildman–Crippen LogP) is 3.48. The summed E-state index contributed by atoms with van der Waals surface area (Å²) in [6, 6.07) is 12.2. The van der Waals surface area contributed by atoms with Crippen molar-refractivity contribution in [2.75, 3.05) is 44.7 Å². The number of ether oxygens (including phenoxy) is 1. The average molecular weight is 397 g/mol. The zero-order chi connectivity index (χ0) is 20.3. The first-order valence-electron chi connectivity index (χ1n) is 10.6. The summed E-state index contributed by atoms with van der Waals surface area (Å²) in [5.41, 5.74) is 3.48. The molecule has 0 aliphatic carbocycles. The number of nitrogens with zero attached hydrogens (tertiary/aromatic N) is 3. The molecule has 0 bridgehead atoms. The van der Waals surface area contributed by atoms with Gasteiger partial charge in [0.15, 0.2) is 0 Å². The fraction of sp³-hybridized carbons (Fsp3) is 0.522. The van der Waals surface area contributed by atoms with Crippen molar-refractivity contribution in [2.45, 2.75) is 26.3 Å². The number of aromatic nitrogens is 1. The fourth-order valence-corrected chi connectivity index (χ4v) is 4.52. The van der Waals surface area contributed by atoms with Gasteiger partial charge in [-0.2, -0.15) is 0 Å². The molecule has 2 aliphatic heterocycles. The highest BCUT2D eigenvalue weighted by atomic mass is 16.5. The van der Waals surface area contributed by atoms with Gasteiger partial charge in [0.1, 0.15) is 0 Å². The highest BCUT2D eigenvalue weighted by Gasteiger charge is 2.39. The molecule has 6 heteroatoms. The van der Waals surface area contributed by atoms with Crippen molar-refractivity contribution in [1.29, 1.82) is 0 Å². The van der Waals surface area contributed by atoms with Gasteiger partial charge in [-0.25, -0.2) is 4.79 Å². The molecule has 0 atom stereocenters. The third-order valence-electron chi connectivity index (χ3n) is 6.34. The van der Waals surface area contributed by atoms with Crippen LogP contribution in [0.4, 0.5) is 10.5 Å². The molecule has 1 aromatic heterocycles. The average Bonchev–Trinajstić information content (AvgIpc) is 2.99. The van der Waals surface area contributed by atoms with Crippen molar-refractivity contribution in [3.05, 3.63) is 53.9 Å². The number of carbonyl (C=O) groups is 1. The van der Waals surface area contributed by atoms with Gasteiger partial charge in [0.25, 0.3) is 0 Å². The standard InChI is InChI=1S/C23H32N4O2/c1-19-5-3-6-20(15-19)24-22(28)27-11-8-23(9-12-27)17-26(13-14-29-18-23)16-21-7-4-10-25(21)2/h3-7,10,15H,8-9,11-14,16-18H2,1-2H3,(H,24,28). The van der Waals surface area contributed by atoms with Crippen LogP contribution in [-0.4, -0.2) is 59.8 Å². The van der Waals surface area contributed by atoms with E-state index in [1.54, 1.807) is 0 Å². The number of urea groups is 1. The second-order valence-electron chi connectivity index (χ2n) is 8.66. The maximum absolute atomic E-state index is 12.7. The molecule has 2 aliphatic rings. The Morgan fingerprint density at radius 3 is 2.72 bits per heavy atom. The Hall–Kier alpha value is -2.31. The number of amides is 2. The molecular weight excluding hydrogens is 364 g/mol. The van der Waals surface area contributed by atoms with E-state index in [-0.39, 0.29) is 11.4 Å². The molecule has 1 aromatic carbocycles. The van der Waals surface area contributed by atoms with Crippen LogP contribution in [0, 0.1) is 12.3 Å². The van der Waals surface area contributed by atoms with Crippen molar-refractivity contribution < 1.29 is 9.53 Å². The lowest BCUT2D eigenvalue weighted by molar-refractivity contribution is 0.0241. The third-order valence-corrected chi connectivity index (χ3v) is 6.34. The van der Waals surface area contributed by atoms with Crippen LogP contribution in [0.5, 0.6) is 0 Å². The fourth-order valence-electron chi connectivity index (χ4n) is 4.52. The summed E-state index contributed by atoms with van der Waals surface area (Å²) in [5, 5.41) is 3.04. The maximum atomic E-state index is 12.7. The summed E-state index contributed by atoms with van der Waals surface area (Å²) in [7, 11) is 2.10. The van der Waals surface area contributed by atoms with Gasteiger partial charge in [0.2, 0.25) is 0 Å². The Bertz CT molecular complexity index is 839. The molecule has 156 valence electrons. The molecule has 2 saturated heterocycles. The van der Waals surface area contributed by atoms with Gasteiger partial charge >= 0.3 is 6.03 Å². The lowest BCUT2D eigenvalue weighted by Gasteiger charge is -2.42. The van der Waals surface area contributed by atoms with Crippen molar-refractivity contribution >= 4 is 11.7 Å². The highest BCUT2D eigenvalue weighted by molar-refractivity contribution is 5.89. The Balaban J connectivity index is 1.35. The van der Waals surface area contributed by atoms with Crippen molar-refractivity contribution in [2.24, 2.45) is 12.5 Å². The number of hydrogen-bond acceptors (Lipinski definition) is 3. The molecule has 2 amide bonds. The second kappa shape index (κ2) is 8.59. The van der Waals surface area contributed by atoms with Crippen LogP contribution >= 0.6 is 0 Å². The van der Waals surface area contributed by atoms with Crippen LogP contribution in [0.2, 0.25) is 0 Å². The molecule has 0 radical (unpaired) electrons. The van der Waals surface area contributed by atoms with E-state index in [1.165, 1.54) is 5.69 Å². The molecule has 1 spiro atoms. The number of aryl methyl sites for hydroxylation is 2. The van der Waals surface area contributed by atoms with Crippen LogP contribution in [0.25, 0.3) is 0 Å². The van der Waals surface area contributed by atoms with Gasteiger partial charge in [0, 0.05) is 62.8 Å². The molecule has 29 heavy (non-hydrogen) atoms. The van der Waals surface area contributed by atoms with Gasteiger partial charge in [-0.1, -0.05) is 12.1 Å². The van der Waals surface area contributed by atoms with Crippen molar-refractivity contribution in [1.82, 2.24) is 14.4 Å². The number of rotatable bonds is 3. The number of benzene rings is 1. The zero-order valence-corrected chi connectivity index (χ0v) is 17.6. The summed E-state index contributed by atoms with van der Waals surface area (Å²) in [5.74, 6) is 0. The van der Waals surface area contributed by atoms with E-state index >= 15 is 0 Å². The van der Waals surface area contributed by atoms with Crippen LogP contribution in [0.1, 0.15) is 24.1 Å². The van der Waals surface area contributed by atoms with E-state index in [0.717, 1.165) is 70.0 Å². The van der Waals surface area contributed by atoms with E-state index in [0.29, 0.717) is 0 Å². The molecule has 3 heterocycles. The van der Waals surface area contributed by atoms with Crippen molar-refractivity contribution in [3.63, 3.8) is 0 Å². The van der Waals surface area contributed by atoms with E-state index < -0.39 is 0 Å². The number of anilines is 1. The SMILES string of the molecule is Cc1cccc(NC(=O)N2CCC3(CC2)COCCN(Cc2cccn2C)C3)c1. The molecule has 2 fully saturated rings. The molecule has 1 N–H and O–H groups in total. The zero-order valence-electron chi connectivity index (χ0n) is 17.6. The van der Waals surface area contributed by atoms with E-state index in [1.807, 2.05) is 36.1 Å². The largest absolute Gasteiger partial charge is 0.379 e. The Kier molecular flexibility index (Phi) is 5.92. The Morgan fingerprint density at radius 1 is 1.17 bits per heavy atom. The molecule has 0 saturated carbocycles. The first-order valence-corrected chi connectivity index (χ1v) is 10.6. The van der Waals surface area contributed by atoms with E-state index in [4.69, 9.17) is 4.74 Å². The highest BCUT2D eigenvalue weighted by Crippen LogP contribution is 2.35. The summed E-state index contributed by atoms with van der Waals surface area (Å²) in [6.45, 7) is 8.11. The van der Waals surface area contributed by atoms with Crippen LogP contribution in [-0.2, 0) is 18.3 Å². The minimum absolute atomic E-state index is 0.000608. The Labute approximate surface area is 173 Å². The predicted molar refractivity (Wildman–Crippen MR) is 115 cm³/mol. The topological polar surface area (TPSA) is 49.7 Å². The third kappa shape index (κ3) is 4.82. The van der Waals surface area contributed by atoms with Crippen LogP contribution < -0.4 is 5.32 Å². The van der Waals surface area contributed by atoms with Crippen LogP contribution in [0.3, 0.4) is 0 Å². The van der Waals surface area contributed by atoms with Gasteiger partial charge in [-0.05, 0) is 49.6 Å². The molecule has 4 rings (SSSR count). The lowest BCUT2D eigenvalue weighted by atomic mass is 9.78. The summed E-state index contributed by atoms with van der Waals surface area (Å²) >= 11 is 0. The first kappa shape index (κ1) is 20.0. The normalized spacial score (nSPS) is 19.9. The smallest absolute Gasteiger partial charge is 0.321 e. The minimum Gasteiger partial charge on any atom is -0.379 e. The van der Waals surface area contributed by atoms with Crippen LogP contribution in [0.15, 0.2) is 42.6 Å². The molecular formula is C23H32N4O2. The monoisotopic (exact) mass is 396 g/mol. The summed E-state index contributed by atoms with van der Waals surface area (Å²) in [6.07, 6.45) is 4.07. The maximum Gasteiger partial charge on any atom is 0.321 e. The minimum atomic E-state index is 0.000608. The summed E-state index contributed by atoms with van der Waals surface area (Å²) in [4.78, 5) is 17.2.